The van der Waals surface area contributed by atoms with E-state index in [1.54, 1.807) is 0 Å². The van der Waals surface area contributed by atoms with E-state index in [0.29, 0.717) is 23.7 Å². The molecule has 0 aromatic carbocycles. The number of carbonyl (C=O) groups excluding carboxylic acids is 2. The molecule has 0 N–H and O–H groups in total. The first-order valence-electron chi connectivity index (χ1n) is 14.2. The van der Waals surface area contributed by atoms with Gasteiger partial charge < -0.3 is 9.80 Å². The maximum atomic E-state index is 13.0. The molecule has 5 heteroatoms. The highest BCUT2D eigenvalue weighted by molar-refractivity contribution is 5.78. The third kappa shape index (κ3) is 6.86. The van der Waals surface area contributed by atoms with Crippen LogP contribution in [-0.4, -0.2) is 72.3 Å². The van der Waals surface area contributed by atoms with E-state index in [4.69, 9.17) is 0 Å². The summed E-state index contributed by atoms with van der Waals surface area (Å²) in [5.74, 6) is 2.11. The van der Waals surface area contributed by atoms with Crippen molar-refractivity contribution in [3.05, 3.63) is 11.6 Å². The lowest BCUT2D eigenvalue weighted by molar-refractivity contribution is -0.134. The second-order valence-corrected chi connectivity index (χ2v) is 12.0. The molecule has 1 saturated heterocycles. The lowest BCUT2D eigenvalue weighted by atomic mass is 9.49. The summed E-state index contributed by atoms with van der Waals surface area (Å²) in [4.78, 5) is 32.2. The molecule has 4 rings (SSSR count). The number of rotatable bonds is 13. The molecular formula is C29H51N3O2. The predicted molar refractivity (Wildman–Crippen MR) is 141 cm³/mol. The number of amides is 2. The molecule has 0 aromatic heterocycles. The van der Waals surface area contributed by atoms with Gasteiger partial charge in [-0.05, 0) is 36.5 Å². The predicted octanol–water partition coefficient (Wildman–Crippen LogP) is 5.36. The van der Waals surface area contributed by atoms with Crippen molar-refractivity contribution in [3.8, 4) is 0 Å². The molecule has 194 valence electrons. The Morgan fingerprint density at radius 1 is 1.06 bits per heavy atom. The monoisotopic (exact) mass is 473 g/mol. The maximum absolute atomic E-state index is 13.0. The van der Waals surface area contributed by atoms with Crippen molar-refractivity contribution in [2.24, 2.45) is 23.2 Å². The standard InChI is InChI=1S/C29H51N3O2/c1-6-7-8-9-10-11-12-27(33)31-18-15-30(16-19-31)17-20-32(28(34)23(2)3)22-24-13-14-25-21-26(24)29(25,4)5/h13,23,25-26H,6-12,14-22H2,1-5H3. The molecule has 1 heterocycles. The van der Waals surface area contributed by atoms with Gasteiger partial charge in [-0.1, -0.05) is 78.4 Å². The van der Waals surface area contributed by atoms with Gasteiger partial charge in [0, 0.05) is 58.2 Å². The molecule has 1 saturated carbocycles. The summed E-state index contributed by atoms with van der Waals surface area (Å²) in [6.07, 6.45) is 13.0. The van der Waals surface area contributed by atoms with Crippen LogP contribution < -0.4 is 0 Å². The van der Waals surface area contributed by atoms with E-state index in [0.717, 1.165) is 58.2 Å². The van der Waals surface area contributed by atoms with Crippen LogP contribution in [0, 0.1) is 23.2 Å². The summed E-state index contributed by atoms with van der Waals surface area (Å²) in [5.41, 5.74) is 1.89. The van der Waals surface area contributed by atoms with Crippen LogP contribution in [0.2, 0.25) is 0 Å². The van der Waals surface area contributed by atoms with Gasteiger partial charge >= 0.3 is 0 Å². The molecule has 2 bridgehead atoms. The second-order valence-electron chi connectivity index (χ2n) is 12.0. The summed E-state index contributed by atoms with van der Waals surface area (Å²) >= 11 is 0. The highest BCUT2D eigenvalue weighted by Gasteiger charge is 2.51. The molecule has 1 aliphatic heterocycles. The van der Waals surface area contributed by atoms with Gasteiger partial charge in [0.25, 0.3) is 0 Å². The van der Waals surface area contributed by atoms with E-state index < -0.39 is 0 Å². The quantitative estimate of drug-likeness (QED) is 0.267. The number of hydrogen-bond donors (Lipinski definition) is 0. The first kappa shape index (κ1) is 27.2. The van der Waals surface area contributed by atoms with E-state index >= 15 is 0 Å². The summed E-state index contributed by atoms with van der Waals surface area (Å²) in [6.45, 7) is 17.1. The minimum absolute atomic E-state index is 0.0304. The molecule has 2 unspecified atom stereocenters. The summed E-state index contributed by atoms with van der Waals surface area (Å²) < 4.78 is 0. The zero-order valence-electron chi connectivity index (χ0n) is 22.8. The fourth-order valence-corrected chi connectivity index (χ4v) is 6.21. The molecule has 3 aliphatic carbocycles. The third-order valence-electron chi connectivity index (χ3n) is 8.92. The van der Waals surface area contributed by atoms with Gasteiger partial charge in [-0.2, -0.15) is 0 Å². The first-order chi connectivity index (χ1) is 16.2. The van der Waals surface area contributed by atoms with Gasteiger partial charge in [0.2, 0.25) is 11.8 Å². The summed E-state index contributed by atoms with van der Waals surface area (Å²) in [7, 11) is 0. The van der Waals surface area contributed by atoms with Crippen LogP contribution in [0.5, 0.6) is 0 Å². The SMILES string of the molecule is CCCCCCCCC(=O)N1CCN(CCN(CC2=CCC3CC2C3(C)C)C(=O)C(C)C)CC1. The Kier molecular flexibility index (Phi) is 10.1. The van der Waals surface area contributed by atoms with E-state index in [2.05, 4.69) is 41.5 Å². The van der Waals surface area contributed by atoms with E-state index in [1.165, 1.54) is 50.5 Å². The molecule has 0 aromatic rings. The van der Waals surface area contributed by atoms with Crippen LogP contribution in [0.25, 0.3) is 0 Å². The van der Waals surface area contributed by atoms with E-state index in [-0.39, 0.29) is 11.8 Å². The number of carbonyl (C=O) groups is 2. The van der Waals surface area contributed by atoms with Crippen LogP contribution in [0.3, 0.4) is 0 Å². The van der Waals surface area contributed by atoms with Gasteiger partial charge in [0.15, 0.2) is 0 Å². The summed E-state index contributed by atoms with van der Waals surface area (Å²) in [5, 5.41) is 0. The Labute approximate surface area is 209 Å². The zero-order chi connectivity index (χ0) is 24.7. The Morgan fingerprint density at radius 2 is 1.74 bits per heavy atom. The van der Waals surface area contributed by atoms with Crippen LogP contribution in [0.15, 0.2) is 11.6 Å². The number of hydrogen-bond acceptors (Lipinski definition) is 3. The van der Waals surface area contributed by atoms with Crippen molar-refractivity contribution in [1.82, 2.24) is 14.7 Å². The lowest BCUT2D eigenvalue weighted by Crippen LogP contribution is -2.52. The number of piperazine rings is 1. The minimum atomic E-state index is 0.0304. The molecule has 34 heavy (non-hydrogen) atoms. The highest BCUT2D eigenvalue weighted by atomic mass is 16.2. The molecule has 2 amide bonds. The molecule has 5 nitrogen and oxygen atoms in total. The second kappa shape index (κ2) is 12.6. The largest absolute Gasteiger partial charge is 0.340 e. The fraction of sp³-hybridized carbons (Fsp3) is 0.862. The number of fused-ring (bicyclic) bond motifs is 1. The molecular weight excluding hydrogens is 422 g/mol. The Morgan fingerprint density at radius 3 is 2.35 bits per heavy atom. The molecule has 4 aliphatic rings. The van der Waals surface area contributed by atoms with Gasteiger partial charge in [0.05, 0.1) is 0 Å². The van der Waals surface area contributed by atoms with Crippen molar-refractivity contribution in [2.45, 2.75) is 92.4 Å². The Bertz CT molecular complexity index is 706. The molecule has 2 atom stereocenters. The van der Waals surface area contributed by atoms with Gasteiger partial charge in [-0.3, -0.25) is 14.5 Å². The van der Waals surface area contributed by atoms with E-state index in [9.17, 15) is 9.59 Å². The molecule has 0 radical (unpaired) electrons. The topological polar surface area (TPSA) is 43.9 Å². The first-order valence-corrected chi connectivity index (χ1v) is 14.2. The number of nitrogens with zero attached hydrogens (tertiary/aromatic N) is 3. The van der Waals surface area contributed by atoms with Crippen LogP contribution in [0.4, 0.5) is 0 Å². The average Bonchev–Trinajstić information content (AvgIpc) is 2.83. The Balaban J connectivity index is 1.41. The van der Waals surface area contributed by atoms with Crippen molar-refractivity contribution in [1.29, 1.82) is 0 Å². The van der Waals surface area contributed by atoms with Crippen molar-refractivity contribution in [3.63, 3.8) is 0 Å². The highest BCUT2D eigenvalue weighted by Crippen LogP contribution is 2.59. The molecule has 2 fully saturated rings. The van der Waals surface area contributed by atoms with E-state index in [1.807, 2.05) is 13.8 Å². The van der Waals surface area contributed by atoms with Crippen LogP contribution in [-0.2, 0) is 9.59 Å². The molecule has 0 spiro atoms. The minimum Gasteiger partial charge on any atom is -0.340 e. The number of allylic oxidation sites excluding steroid dienone is 1. The number of unbranched alkanes of at least 4 members (excludes halogenated alkanes) is 5. The van der Waals surface area contributed by atoms with Gasteiger partial charge in [-0.25, -0.2) is 0 Å². The lowest BCUT2D eigenvalue weighted by Gasteiger charge is -2.57. The van der Waals surface area contributed by atoms with Crippen molar-refractivity contribution < 1.29 is 9.59 Å². The normalized spacial score (nSPS) is 24.1. The maximum Gasteiger partial charge on any atom is 0.225 e. The smallest absolute Gasteiger partial charge is 0.225 e. The summed E-state index contributed by atoms with van der Waals surface area (Å²) in [6, 6.07) is 0. The Hall–Kier alpha value is -1.36. The van der Waals surface area contributed by atoms with Crippen LogP contribution >= 0.6 is 0 Å². The van der Waals surface area contributed by atoms with Gasteiger partial charge in [0.1, 0.15) is 0 Å². The third-order valence-corrected chi connectivity index (χ3v) is 8.92. The fourth-order valence-electron chi connectivity index (χ4n) is 6.21. The zero-order valence-corrected chi connectivity index (χ0v) is 22.8. The van der Waals surface area contributed by atoms with Crippen molar-refractivity contribution >= 4 is 11.8 Å². The van der Waals surface area contributed by atoms with Crippen molar-refractivity contribution in [2.75, 3.05) is 45.8 Å². The average molecular weight is 474 g/mol. The van der Waals surface area contributed by atoms with Crippen LogP contribution in [0.1, 0.15) is 92.4 Å². The van der Waals surface area contributed by atoms with Gasteiger partial charge in [-0.15, -0.1) is 0 Å².